The predicted molar refractivity (Wildman–Crippen MR) is 77.5 cm³/mol. The molecule has 1 unspecified atom stereocenters. The predicted octanol–water partition coefficient (Wildman–Crippen LogP) is 2.42. The van der Waals surface area contributed by atoms with Crippen LogP contribution in [0.5, 0.6) is 0 Å². The molecule has 0 saturated heterocycles. The molecule has 20 heavy (non-hydrogen) atoms. The van der Waals surface area contributed by atoms with Crippen LogP contribution >= 0.6 is 0 Å². The van der Waals surface area contributed by atoms with Gasteiger partial charge in [-0.2, -0.15) is 0 Å². The van der Waals surface area contributed by atoms with Crippen molar-refractivity contribution >= 4 is 5.91 Å². The molecule has 3 nitrogen and oxygen atoms in total. The third-order valence-electron chi connectivity index (χ3n) is 3.80. The van der Waals surface area contributed by atoms with Crippen LogP contribution in [0.15, 0.2) is 54.6 Å². The topological polar surface area (TPSA) is 40.5 Å². The van der Waals surface area contributed by atoms with Crippen LogP contribution < -0.4 is 0 Å². The van der Waals surface area contributed by atoms with Gasteiger partial charge in [0.05, 0.1) is 12.6 Å². The maximum atomic E-state index is 12.4. The van der Waals surface area contributed by atoms with Gasteiger partial charge in [0.1, 0.15) is 0 Å². The minimum absolute atomic E-state index is 0.00891. The van der Waals surface area contributed by atoms with Gasteiger partial charge < -0.3 is 10.0 Å². The second-order valence-electron chi connectivity index (χ2n) is 5.01. The van der Waals surface area contributed by atoms with E-state index in [9.17, 15) is 9.90 Å². The maximum Gasteiger partial charge on any atom is 0.254 e. The summed E-state index contributed by atoms with van der Waals surface area (Å²) in [5.41, 5.74) is 3.03. The van der Waals surface area contributed by atoms with E-state index in [0.29, 0.717) is 6.54 Å². The molecule has 1 atom stereocenters. The highest BCUT2D eigenvalue weighted by Gasteiger charge is 2.35. The number of rotatable bonds is 4. The average molecular weight is 267 g/mol. The van der Waals surface area contributed by atoms with E-state index in [-0.39, 0.29) is 18.6 Å². The Hall–Kier alpha value is -2.13. The molecule has 1 heterocycles. The summed E-state index contributed by atoms with van der Waals surface area (Å²) in [6.45, 7) is 0.371. The van der Waals surface area contributed by atoms with E-state index in [0.717, 1.165) is 17.5 Å². The molecule has 2 aromatic carbocycles. The van der Waals surface area contributed by atoms with E-state index < -0.39 is 0 Å². The second-order valence-corrected chi connectivity index (χ2v) is 5.01. The summed E-state index contributed by atoms with van der Waals surface area (Å²) < 4.78 is 0. The molecule has 0 fully saturated rings. The Kier molecular flexibility index (Phi) is 3.52. The number of benzene rings is 2. The third-order valence-corrected chi connectivity index (χ3v) is 3.80. The van der Waals surface area contributed by atoms with Crippen LogP contribution in [0.3, 0.4) is 0 Å². The highest BCUT2D eigenvalue weighted by Crippen LogP contribution is 2.35. The van der Waals surface area contributed by atoms with Crippen LogP contribution in [-0.2, 0) is 6.42 Å². The number of carbonyl (C=O) groups excluding carboxylic acids is 1. The third kappa shape index (κ3) is 2.21. The molecule has 3 rings (SSSR count). The zero-order valence-corrected chi connectivity index (χ0v) is 11.2. The first-order chi connectivity index (χ1) is 9.81. The second kappa shape index (κ2) is 5.47. The Bertz CT molecular complexity index is 609. The molecule has 0 aliphatic carbocycles. The molecule has 1 aliphatic heterocycles. The normalized spacial score (nSPS) is 17.4. The summed E-state index contributed by atoms with van der Waals surface area (Å²) in [5, 5.41) is 9.21. The fourth-order valence-electron chi connectivity index (χ4n) is 2.87. The van der Waals surface area contributed by atoms with Crippen molar-refractivity contribution in [2.24, 2.45) is 0 Å². The summed E-state index contributed by atoms with van der Waals surface area (Å²) in [7, 11) is 0. The molecule has 1 aliphatic rings. The van der Waals surface area contributed by atoms with E-state index in [1.807, 2.05) is 42.5 Å². The van der Waals surface area contributed by atoms with E-state index >= 15 is 0 Å². The zero-order chi connectivity index (χ0) is 13.9. The molecular weight excluding hydrogens is 250 g/mol. The number of hydrogen-bond donors (Lipinski definition) is 1. The van der Waals surface area contributed by atoms with Gasteiger partial charge in [-0.1, -0.05) is 48.5 Å². The van der Waals surface area contributed by atoms with E-state index in [1.165, 1.54) is 5.56 Å². The summed E-state index contributed by atoms with van der Waals surface area (Å²) in [4.78, 5) is 14.2. The molecule has 0 spiro atoms. The van der Waals surface area contributed by atoms with Crippen LogP contribution in [0.1, 0.15) is 27.5 Å². The summed E-state index contributed by atoms with van der Waals surface area (Å²) in [6, 6.07) is 17.9. The van der Waals surface area contributed by atoms with Crippen molar-refractivity contribution in [1.82, 2.24) is 4.90 Å². The Balaban J connectivity index is 1.95. The average Bonchev–Trinajstić information content (AvgIpc) is 2.75. The maximum absolute atomic E-state index is 12.4. The lowest BCUT2D eigenvalue weighted by atomic mass is 9.98. The molecule has 1 amide bonds. The molecule has 102 valence electrons. The van der Waals surface area contributed by atoms with Crippen molar-refractivity contribution in [2.45, 2.75) is 12.5 Å². The number of nitrogens with zero attached hydrogens (tertiary/aromatic N) is 1. The van der Waals surface area contributed by atoms with Gasteiger partial charge in [0.2, 0.25) is 0 Å². The monoisotopic (exact) mass is 267 g/mol. The van der Waals surface area contributed by atoms with Crippen LogP contribution in [0, 0.1) is 0 Å². The van der Waals surface area contributed by atoms with E-state index in [1.54, 1.807) is 4.90 Å². The Morgan fingerprint density at radius 3 is 2.45 bits per heavy atom. The van der Waals surface area contributed by atoms with Gasteiger partial charge in [-0.3, -0.25) is 4.79 Å². The summed E-state index contributed by atoms with van der Waals surface area (Å²) in [6.07, 6.45) is 0.781. The molecule has 1 N–H and O–H groups in total. The lowest BCUT2D eigenvalue weighted by Crippen LogP contribution is -2.31. The van der Waals surface area contributed by atoms with Crippen LogP contribution in [0.4, 0.5) is 0 Å². The Morgan fingerprint density at radius 1 is 1.00 bits per heavy atom. The van der Waals surface area contributed by atoms with Crippen LogP contribution in [0.25, 0.3) is 0 Å². The van der Waals surface area contributed by atoms with Crippen LogP contribution in [-0.4, -0.2) is 29.1 Å². The minimum Gasteiger partial charge on any atom is -0.395 e. The van der Waals surface area contributed by atoms with Crippen molar-refractivity contribution in [3.63, 3.8) is 0 Å². The van der Waals surface area contributed by atoms with Crippen LogP contribution in [0.2, 0.25) is 0 Å². The number of amides is 1. The quantitative estimate of drug-likeness (QED) is 0.924. The number of aliphatic hydroxyl groups is 1. The summed E-state index contributed by atoms with van der Waals surface area (Å²) in [5.74, 6) is 0.0237. The first kappa shape index (κ1) is 12.9. The van der Waals surface area contributed by atoms with Gasteiger partial charge in [-0.25, -0.2) is 0 Å². The SMILES string of the molecule is O=C1c2ccccc2C(Cc2ccccc2)N1CCO. The molecule has 3 heteroatoms. The van der Waals surface area contributed by atoms with Gasteiger partial charge in [0.15, 0.2) is 0 Å². The Morgan fingerprint density at radius 2 is 1.70 bits per heavy atom. The summed E-state index contributed by atoms with van der Waals surface area (Å²) >= 11 is 0. The highest BCUT2D eigenvalue weighted by atomic mass is 16.3. The van der Waals surface area contributed by atoms with E-state index in [2.05, 4.69) is 12.1 Å². The molecule has 0 bridgehead atoms. The smallest absolute Gasteiger partial charge is 0.254 e. The minimum atomic E-state index is -0.00891. The molecule has 0 saturated carbocycles. The van der Waals surface area contributed by atoms with Gasteiger partial charge in [0, 0.05) is 12.1 Å². The standard InChI is InChI=1S/C17H17NO2/c19-11-10-18-16(12-13-6-2-1-3-7-13)14-8-4-5-9-15(14)17(18)20/h1-9,16,19H,10-12H2. The molecule has 0 aromatic heterocycles. The van der Waals surface area contributed by atoms with Gasteiger partial charge in [-0.05, 0) is 23.6 Å². The number of fused-ring (bicyclic) bond motifs is 1. The fourth-order valence-corrected chi connectivity index (χ4v) is 2.87. The van der Waals surface area contributed by atoms with E-state index in [4.69, 9.17) is 0 Å². The van der Waals surface area contributed by atoms with Crippen molar-refractivity contribution in [3.05, 3.63) is 71.3 Å². The molecule has 0 radical (unpaired) electrons. The zero-order valence-electron chi connectivity index (χ0n) is 11.2. The number of β-amino-alcohol motifs (C(OH)–C–C–N with tert-alkyl or cyclic N) is 1. The first-order valence-electron chi connectivity index (χ1n) is 6.86. The molecular formula is C17H17NO2. The largest absolute Gasteiger partial charge is 0.395 e. The number of carbonyl (C=O) groups is 1. The fraction of sp³-hybridized carbons (Fsp3) is 0.235. The number of hydrogen-bond acceptors (Lipinski definition) is 2. The lowest BCUT2D eigenvalue weighted by Gasteiger charge is -2.24. The number of aliphatic hydroxyl groups excluding tert-OH is 1. The molecule has 2 aromatic rings. The van der Waals surface area contributed by atoms with Crippen molar-refractivity contribution in [1.29, 1.82) is 0 Å². The van der Waals surface area contributed by atoms with Gasteiger partial charge >= 0.3 is 0 Å². The van der Waals surface area contributed by atoms with Crippen molar-refractivity contribution in [3.8, 4) is 0 Å². The first-order valence-corrected chi connectivity index (χ1v) is 6.86. The van der Waals surface area contributed by atoms with Crippen molar-refractivity contribution < 1.29 is 9.90 Å². The lowest BCUT2D eigenvalue weighted by molar-refractivity contribution is 0.0683. The Labute approximate surface area is 118 Å². The van der Waals surface area contributed by atoms with Gasteiger partial charge in [0.25, 0.3) is 5.91 Å². The van der Waals surface area contributed by atoms with Gasteiger partial charge in [-0.15, -0.1) is 0 Å². The highest BCUT2D eigenvalue weighted by molar-refractivity contribution is 5.99. The van der Waals surface area contributed by atoms with Crippen molar-refractivity contribution in [2.75, 3.05) is 13.2 Å².